The number of benzene rings is 1. The molecule has 20 heavy (non-hydrogen) atoms. The zero-order valence-corrected chi connectivity index (χ0v) is 13.6. The maximum absolute atomic E-state index is 12.4. The first-order valence-electron chi connectivity index (χ1n) is 7.23. The molecule has 1 N–H and O–H groups in total. The summed E-state index contributed by atoms with van der Waals surface area (Å²) in [5.74, 6) is 2.52. The number of rotatable bonds is 6. The van der Waals surface area contributed by atoms with E-state index in [9.17, 15) is 8.42 Å². The molecule has 1 aromatic carbocycles. The summed E-state index contributed by atoms with van der Waals surface area (Å²) in [5, 5.41) is 3.53. The van der Waals surface area contributed by atoms with Crippen molar-refractivity contribution in [2.45, 2.75) is 43.2 Å². The number of thioether (sulfide) groups is 1. The fourth-order valence-electron chi connectivity index (χ4n) is 2.48. The fraction of sp³-hybridized carbons (Fsp3) is 0.600. The predicted octanol–water partition coefficient (Wildman–Crippen LogP) is 2.72. The standard InChI is InChI=1S/C15H23NO2S2/c1-2-13(16-14-7-6-10-19-11-14)12-20(17,18)15-8-4-3-5-9-15/h3-5,8-9,13-14,16H,2,6-7,10-12H2,1H3/t13-,14-/m1/s1. The smallest absolute Gasteiger partial charge is 0.179 e. The van der Waals surface area contributed by atoms with Gasteiger partial charge in [0, 0.05) is 17.8 Å². The molecule has 0 radical (unpaired) electrons. The minimum atomic E-state index is -3.19. The van der Waals surface area contributed by atoms with Gasteiger partial charge in [-0.05, 0) is 37.1 Å². The molecule has 1 aromatic rings. The first-order chi connectivity index (χ1) is 9.62. The summed E-state index contributed by atoms with van der Waals surface area (Å²) >= 11 is 1.96. The third-order valence-corrected chi connectivity index (χ3v) is 6.69. The second-order valence-electron chi connectivity index (χ2n) is 5.28. The van der Waals surface area contributed by atoms with Crippen molar-refractivity contribution in [1.82, 2.24) is 5.32 Å². The van der Waals surface area contributed by atoms with Crippen molar-refractivity contribution in [3.05, 3.63) is 30.3 Å². The van der Waals surface area contributed by atoms with Gasteiger partial charge in [-0.15, -0.1) is 0 Å². The Labute approximate surface area is 126 Å². The summed E-state index contributed by atoms with van der Waals surface area (Å²) in [6.07, 6.45) is 3.23. The Morgan fingerprint density at radius 2 is 2.10 bits per heavy atom. The number of hydrogen-bond donors (Lipinski definition) is 1. The second-order valence-corrected chi connectivity index (χ2v) is 8.46. The van der Waals surface area contributed by atoms with Gasteiger partial charge in [-0.25, -0.2) is 8.42 Å². The molecule has 0 saturated carbocycles. The van der Waals surface area contributed by atoms with E-state index in [1.165, 1.54) is 12.2 Å². The topological polar surface area (TPSA) is 46.2 Å². The third-order valence-electron chi connectivity index (χ3n) is 3.65. The van der Waals surface area contributed by atoms with E-state index in [2.05, 4.69) is 5.32 Å². The van der Waals surface area contributed by atoms with E-state index >= 15 is 0 Å². The lowest BCUT2D eigenvalue weighted by molar-refractivity contribution is 0.434. The average Bonchev–Trinajstić information content (AvgIpc) is 2.48. The molecule has 3 nitrogen and oxygen atoms in total. The largest absolute Gasteiger partial charge is 0.309 e. The Kier molecular flexibility index (Phi) is 5.93. The summed E-state index contributed by atoms with van der Waals surface area (Å²) in [7, 11) is -3.19. The van der Waals surface area contributed by atoms with Crippen molar-refractivity contribution in [3.8, 4) is 0 Å². The molecule has 1 saturated heterocycles. The van der Waals surface area contributed by atoms with Crippen LogP contribution >= 0.6 is 11.8 Å². The van der Waals surface area contributed by atoms with Crippen molar-refractivity contribution >= 4 is 21.6 Å². The highest BCUT2D eigenvalue weighted by atomic mass is 32.2. The Bertz CT molecular complexity index is 496. The summed E-state index contributed by atoms with van der Waals surface area (Å²) in [6, 6.07) is 9.26. The van der Waals surface area contributed by atoms with Crippen LogP contribution in [-0.4, -0.2) is 37.8 Å². The molecule has 2 atom stereocenters. The van der Waals surface area contributed by atoms with Crippen LogP contribution in [0.5, 0.6) is 0 Å². The highest BCUT2D eigenvalue weighted by Crippen LogP contribution is 2.19. The summed E-state index contributed by atoms with van der Waals surface area (Å²) in [6.45, 7) is 2.05. The van der Waals surface area contributed by atoms with Gasteiger partial charge in [0.15, 0.2) is 9.84 Å². The molecule has 0 aliphatic carbocycles. The first kappa shape index (κ1) is 15.9. The second kappa shape index (κ2) is 7.48. The molecule has 1 aliphatic heterocycles. The highest BCUT2D eigenvalue weighted by molar-refractivity contribution is 7.99. The molecule has 0 bridgehead atoms. The van der Waals surface area contributed by atoms with E-state index in [0.717, 1.165) is 18.6 Å². The lowest BCUT2D eigenvalue weighted by Gasteiger charge is -2.27. The van der Waals surface area contributed by atoms with Crippen LogP contribution in [0.3, 0.4) is 0 Å². The molecule has 1 heterocycles. The number of hydrogen-bond acceptors (Lipinski definition) is 4. The Balaban J connectivity index is 1.98. The Morgan fingerprint density at radius 3 is 2.70 bits per heavy atom. The normalized spacial score (nSPS) is 21.6. The molecule has 0 aromatic heterocycles. The van der Waals surface area contributed by atoms with Crippen molar-refractivity contribution < 1.29 is 8.42 Å². The van der Waals surface area contributed by atoms with Gasteiger partial charge in [0.1, 0.15) is 0 Å². The third kappa shape index (κ3) is 4.50. The molecule has 1 fully saturated rings. The van der Waals surface area contributed by atoms with Gasteiger partial charge < -0.3 is 5.32 Å². The van der Waals surface area contributed by atoms with E-state index in [1.807, 2.05) is 24.8 Å². The minimum absolute atomic E-state index is 0.0453. The molecular weight excluding hydrogens is 290 g/mol. The molecule has 0 amide bonds. The van der Waals surface area contributed by atoms with Gasteiger partial charge in [-0.1, -0.05) is 25.1 Å². The quantitative estimate of drug-likeness (QED) is 0.877. The van der Waals surface area contributed by atoms with Crippen LogP contribution in [0.2, 0.25) is 0 Å². The van der Waals surface area contributed by atoms with Gasteiger partial charge in [-0.2, -0.15) is 11.8 Å². The number of nitrogens with one attached hydrogen (secondary N) is 1. The summed E-state index contributed by atoms with van der Waals surface area (Å²) < 4.78 is 24.8. The highest BCUT2D eigenvalue weighted by Gasteiger charge is 2.23. The van der Waals surface area contributed by atoms with E-state index in [-0.39, 0.29) is 11.8 Å². The van der Waals surface area contributed by atoms with E-state index in [4.69, 9.17) is 0 Å². The van der Waals surface area contributed by atoms with Crippen LogP contribution < -0.4 is 5.32 Å². The molecular formula is C15H23NO2S2. The SMILES string of the molecule is CC[C@H](CS(=O)(=O)c1ccccc1)N[C@@H]1CCCSC1. The Morgan fingerprint density at radius 1 is 1.35 bits per heavy atom. The van der Waals surface area contributed by atoms with Crippen molar-refractivity contribution in [2.24, 2.45) is 0 Å². The van der Waals surface area contributed by atoms with Crippen LogP contribution in [0.4, 0.5) is 0 Å². The predicted molar refractivity (Wildman–Crippen MR) is 86.1 cm³/mol. The van der Waals surface area contributed by atoms with Crippen LogP contribution in [0.15, 0.2) is 35.2 Å². The lowest BCUT2D eigenvalue weighted by atomic mass is 10.1. The van der Waals surface area contributed by atoms with Crippen LogP contribution in [0.1, 0.15) is 26.2 Å². The van der Waals surface area contributed by atoms with Gasteiger partial charge in [0.05, 0.1) is 10.6 Å². The molecule has 112 valence electrons. The summed E-state index contributed by atoms with van der Waals surface area (Å²) in [5.41, 5.74) is 0. The van der Waals surface area contributed by atoms with Gasteiger partial charge in [0.25, 0.3) is 0 Å². The Hall–Kier alpha value is -0.520. The van der Waals surface area contributed by atoms with Crippen LogP contribution in [0, 0.1) is 0 Å². The maximum atomic E-state index is 12.4. The van der Waals surface area contributed by atoms with Crippen LogP contribution in [0.25, 0.3) is 0 Å². The number of sulfone groups is 1. The fourth-order valence-corrected chi connectivity index (χ4v) is 5.19. The lowest BCUT2D eigenvalue weighted by Crippen LogP contribution is -2.44. The molecule has 5 heteroatoms. The molecule has 2 rings (SSSR count). The van der Waals surface area contributed by atoms with Crippen molar-refractivity contribution in [1.29, 1.82) is 0 Å². The minimum Gasteiger partial charge on any atom is -0.309 e. The zero-order chi connectivity index (χ0) is 14.4. The van der Waals surface area contributed by atoms with E-state index in [0.29, 0.717) is 10.9 Å². The summed E-state index contributed by atoms with van der Waals surface area (Å²) in [4.78, 5) is 0.429. The van der Waals surface area contributed by atoms with Crippen molar-refractivity contribution in [2.75, 3.05) is 17.3 Å². The molecule has 0 unspecified atom stereocenters. The van der Waals surface area contributed by atoms with Crippen molar-refractivity contribution in [3.63, 3.8) is 0 Å². The maximum Gasteiger partial charge on any atom is 0.179 e. The average molecular weight is 313 g/mol. The molecule has 0 spiro atoms. The monoisotopic (exact) mass is 313 g/mol. The van der Waals surface area contributed by atoms with Gasteiger partial charge in [0.2, 0.25) is 0 Å². The first-order valence-corrected chi connectivity index (χ1v) is 10.0. The zero-order valence-electron chi connectivity index (χ0n) is 11.9. The van der Waals surface area contributed by atoms with Gasteiger partial charge >= 0.3 is 0 Å². The van der Waals surface area contributed by atoms with Gasteiger partial charge in [-0.3, -0.25) is 0 Å². The van der Waals surface area contributed by atoms with E-state index < -0.39 is 9.84 Å². The van der Waals surface area contributed by atoms with E-state index in [1.54, 1.807) is 24.3 Å². The van der Waals surface area contributed by atoms with Crippen LogP contribution in [-0.2, 0) is 9.84 Å². The molecule has 1 aliphatic rings.